The van der Waals surface area contributed by atoms with Crippen molar-refractivity contribution in [3.05, 3.63) is 22.9 Å². The van der Waals surface area contributed by atoms with Gasteiger partial charge >= 0.3 is 0 Å². The Morgan fingerprint density at radius 2 is 2.25 bits per heavy atom. The fourth-order valence-corrected chi connectivity index (χ4v) is 1.80. The number of hydrogen-bond donors (Lipinski definition) is 2. The monoisotopic (exact) mass is 294 g/mol. The predicted molar refractivity (Wildman–Crippen MR) is 69.9 cm³/mol. The maximum absolute atomic E-state index is 12.0. The zero-order valence-electron chi connectivity index (χ0n) is 10.6. The van der Waals surface area contributed by atoms with Crippen LogP contribution in [0, 0.1) is 0 Å². The number of anilines is 1. The van der Waals surface area contributed by atoms with Gasteiger partial charge in [0.25, 0.3) is 5.91 Å². The molecule has 0 bridgehead atoms. The smallest absolute Gasteiger partial charge is 0.297 e. The SMILES string of the molecule is COc1cc(Cl)nc(NC(=O)c2n[nH]c(C3CC3)n2)n1. The Bertz CT molecular complexity index is 654. The summed E-state index contributed by atoms with van der Waals surface area (Å²) in [6.07, 6.45) is 2.15. The van der Waals surface area contributed by atoms with Gasteiger partial charge in [-0.05, 0) is 12.8 Å². The zero-order valence-corrected chi connectivity index (χ0v) is 11.3. The molecule has 104 valence electrons. The van der Waals surface area contributed by atoms with E-state index in [2.05, 4.69) is 30.5 Å². The first-order valence-electron chi connectivity index (χ1n) is 5.98. The summed E-state index contributed by atoms with van der Waals surface area (Å²) in [5.41, 5.74) is 0. The molecule has 0 spiro atoms. The molecule has 8 nitrogen and oxygen atoms in total. The molecule has 20 heavy (non-hydrogen) atoms. The molecule has 2 aromatic rings. The van der Waals surface area contributed by atoms with Crippen molar-refractivity contribution < 1.29 is 9.53 Å². The second-order valence-corrected chi connectivity index (χ2v) is 4.72. The minimum Gasteiger partial charge on any atom is -0.481 e. The minimum atomic E-state index is -0.502. The molecule has 1 aliphatic rings. The van der Waals surface area contributed by atoms with E-state index in [1.165, 1.54) is 13.2 Å². The van der Waals surface area contributed by atoms with E-state index in [1.807, 2.05) is 0 Å². The molecule has 0 radical (unpaired) electrons. The van der Waals surface area contributed by atoms with Gasteiger partial charge in [0.2, 0.25) is 17.7 Å². The average Bonchev–Trinajstić information content (AvgIpc) is 3.15. The second-order valence-electron chi connectivity index (χ2n) is 4.33. The number of aromatic nitrogens is 5. The van der Waals surface area contributed by atoms with Gasteiger partial charge in [-0.3, -0.25) is 15.2 Å². The summed E-state index contributed by atoms with van der Waals surface area (Å²) in [7, 11) is 1.45. The van der Waals surface area contributed by atoms with E-state index in [0.717, 1.165) is 18.7 Å². The summed E-state index contributed by atoms with van der Waals surface area (Å²) in [4.78, 5) is 23.9. The molecule has 2 heterocycles. The molecule has 1 saturated carbocycles. The van der Waals surface area contributed by atoms with Crippen molar-refractivity contribution in [2.75, 3.05) is 12.4 Å². The van der Waals surface area contributed by atoms with Crippen LogP contribution in [0.3, 0.4) is 0 Å². The zero-order chi connectivity index (χ0) is 14.1. The van der Waals surface area contributed by atoms with Crippen molar-refractivity contribution in [2.24, 2.45) is 0 Å². The largest absolute Gasteiger partial charge is 0.481 e. The molecule has 1 aliphatic carbocycles. The van der Waals surface area contributed by atoms with Crippen LogP contribution in [0.1, 0.15) is 35.2 Å². The van der Waals surface area contributed by atoms with E-state index in [-0.39, 0.29) is 22.8 Å². The van der Waals surface area contributed by atoms with Crippen LogP contribution in [0.25, 0.3) is 0 Å². The predicted octanol–water partition coefficient (Wildman–Crippen LogP) is 1.39. The van der Waals surface area contributed by atoms with Crippen LogP contribution in [0.2, 0.25) is 5.15 Å². The van der Waals surface area contributed by atoms with Gasteiger partial charge in [0, 0.05) is 12.0 Å². The van der Waals surface area contributed by atoms with Crippen LogP contribution in [0.5, 0.6) is 5.88 Å². The van der Waals surface area contributed by atoms with E-state index >= 15 is 0 Å². The number of nitrogens with zero attached hydrogens (tertiary/aromatic N) is 4. The van der Waals surface area contributed by atoms with Gasteiger partial charge in [0.1, 0.15) is 11.0 Å². The normalized spacial score (nSPS) is 14.1. The number of methoxy groups -OCH3 is 1. The van der Waals surface area contributed by atoms with Gasteiger partial charge < -0.3 is 4.74 Å². The molecule has 9 heteroatoms. The van der Waals surface area contributed by atoms with Crippen LogP contribution in [0.4, 0.5) is 5.95 Å². The van der Waals surface area contributed by atoms with Crippen LogP contribution in [0.15, 0.2) is 6.07 Å². The summed E-state index contributed by atoms with van der Waals surface area (Å²) in [5, 5.41) is 9.27. The molecular weight excluding hydrogens is 284 g/mol. The molecule has 0 aliphatic heterocycles. The first kappa shape index (κ1) is 12.8. The number of amides is 1. The highest BCUT2D eigenvalue weighted by Gasteiger charge is 2.28. The lowest BCUT2D eigenvalue weighted by molar-refractivity contribution is 0.101. The third-order valence-electron chi connectivity index (χ3n) is 2.78. The second kappa shape index (κ2) is 5.04. The van der Waals surface area contributed by atoms with Crippen molar-refractivity contribution in [2.45, 2.75) is 18.8 Å². The third kappa shape index (κ3) is 2.69. The molecule has 0 atom stereocenters. The van der Waals surface area contributed by atoms with Gasteiger partial charge in [-0.15, -0.1) is 5.10 Å². The Kier molecular flexibility index (Phi) is 3.23. The average molecular weight is 295 g/mol. The van der Waals surface area contributed by atoms with E-state index in [4.69, 9.17) is 16.3 Å². The van der Waals surface area contributed by atoms with Crippen molar-refractivity contribution in [1.82, 2.24) is 25.1 Å². The number of ether oxygens (including phenoxy) is 1. The molecule has 1 fully saturated rings. The van der Waals surface area contributed by atoms with Crippen LogP contribution in [-0.4, -0.2) is 38.2 Å². The lowest BCUT2D eigenvalue weighted by atomic mass is 10.4. The van der Waals surface area contributed by atoms with Crippen LogP contribution in [-0.2, 0) is 0 Å². The number of carbonyl (C=O) groups is 1. The van der Waals surface area contributed by atoms with Crippen LogP contribution < -0.4 is 10.1 Å². The highest BCUT2D eigenvalue weighted by molar-refractivity contribution is 6.29. The van der Waals surface area contributed by atoms with Gasteiger partial charge in [-0.25, -0.2) is 9.97 Å². The van der Waals surface area contributed by atoms with Crippen molar-refractivity contribution in [3.8, 4) is 5.88 Å². The van der Waals surface area contributed by atoms with E-state index in [0.29, 0.717) is 5.92 Å². The number of halogens is 1. The lowest BCUT2D eigenvalue weighted by Gasteiger charge is -2.03. The first-order valence-corrected chi connectivity index (χ1v) is 6.35. The topological polar surface area (TPSA) is 106 Å². The number of H-pyrrole nitrogens is 1. The number of nitrogens with one attached hydrogen (secondary N) is 2. The maximum atomic E-state index is 12.0. The number of aromatic amines is 1. The third-order valence-corrected chi connectivity index (χ3v) is 2.97. The van der Waals surface area contributed by atoms with E-state index in [9.17, 15) is 4.79 Å². The molecule has 2 N–H and O–H groups in total. The number of carbonyl (C=O) groups excluding carboxylic acids is 1. The van der Waals surface area contributed by atoms with Gasteiger partial charge in [-0.1, -0.05) is 11.6 Å². The summed E-state index contributed by atoms with van der Waals surface area (Å²) in [5.74, 6) is 0.976. The summed E-state index contributed by atoms with van der Waals surface area (Å²) < 4.78 is 4.94. The molecule has 1 amide bonds. The standard InChI is InChI=1S/C11H11ClN6O2/c1-20-7-4-6(12)13-11(14-7)16-10(19)9-15-8(17-18-9)5-2-3-5/h4-5H,2-3H2,1H3,(H,15,17,18)(H,13,14,16,19). The minimum absolute atomic E-state index is 0.0390. The number of rotatable bonds is 4. The Labute approximate surface area is 118 Å². The molecule has 2 aromatic heterocycles. The quantitative estimate of drug-likeness (QED) is 0.825. The Hall–Kier alpha value is -2.22. The summed E-state index contributed by atoms with van der Waals surface area (Å²) in [6, 6.07) is 1.44. The Balaban J connectivity index is 1.75. The Morgan fingerprint density at radius 3 is 2.95 bits per heavy atom. The highest BCUT2D eigenvalue weighted by atomic mass is 35.5. The summed E-state index contributed by atoms with van der Waals surface area (Å²) in [6.45, 7) is 0. The molecule has 0 aromatic carbocycles. The first-order chi connectivity index (χ1) is 9.65. The molecular formula is C11H11ClN6O2. The van der Waals surface area contributed by atoms with E-state index < -0.39 is 5.91 Å². The van der Waals surface area contributed by atoms with Crippen molar-refractivity contribution >= 4 is 23.5 Å². The van der Waals surface area contributed by atoms with Gasteiger partial charge in [0.15, 0.2) is 0 Å². The molecule has 3 rings (SSSR count). The number of hydrogen-bond acceptors (Lipinski definition) is 6. The Morgan fingerprint density at radius 1 is 1.45 bits per heavy atom. The maximum Gasteiger partial charge on any atom is 0.297 e. The summed E-state index contributed by atoms with van der Waals surface area (Å²) >= 11 is 5.79. The van der Waals surface area contributed by atoms with Gasteiger partial charge in [-0.2, -0.15) is 4.98 Å². The lowest BCUT2D eigenvalue weighted by Crippen LogP contribution is -2.16. The fourth-order valence-electron chi connectivity index (χ4n) is 1.63. The van der Waals surface area contributed by atoms with Crippen molar-refractivity contribution in [3.63, 3.8) is 0 Å². The highest BCUT2D eigenvalue weighted by Crippen LogP contribution is 2.37. The van der Waals surface area contributed by atoms with Crippen LogP contribution >= 0.6 is 11.6 Å². The van der Waals surface area contributed by atoms with Crippen molar-refractivity contribution in [1.29, 1.82) is 0 Å². The molecule has 0 saturated heterocycles. The van der Waals surface area contributed by atoms with E-state index in [1.54, 1.807) is 0 Å². The molecule has 0 unspecified atom stereocenters. The van der Waals surface area contributed by atoms with Gasteiger partial charge in [0.05, 0.1) is 7.11 Å². The fraction of sp³-hybridized carbons (Fsp3) is 0.364.